The van der Waals surface area contributed by atoms with Crippen molar-refractivity contribution in [3.8, 4) is 5.75 Å². The number of hydrogen-bond acceptors (Lipinski definition) is 6. The van der Waals surface area contributed by atoms with Crippen molar-refractivity contribution in [1.82, 2.24) is 14.9 Å². The van der Waals surface area contributed by atoms with Crippen molar-refractivity contribution in [1.29, 1.82) is 0 Å². The molecule has 1 aliphatic rings. The van der Waals surface area contributed by atoms with Crippen LogP contribution in [0.4, 0.5) is 11.8 Å². The number of methoxy groups -OCH3 is 1. The SMILES string of the molecule is COc1ccc(CC(=O)N2CCc3nc(N(C)Cc4ccccc4)nc(N(C)C)c3C2)cc1. The first-order valence-electron chi connectivity index (χ1n) is 11.2. The van der Waals surface area contributed by atoms with E-state index in [9.17, 15) is 4.79 Å². The highest BCUT2D eigenvalue weighted by atomic mass is 16.5. The fourth-order valence-corrected chi connectivity index (χ4v) is 4.10. The van der Waals surface area contributed by atoms with E-state index in [4.69, 9.17) is 14.7 Å². The van der Waals surface area contributed by atoms with E-state index in [0.29, 0.717) is 25.5 Å². The highest BCUT2D eigenvalue weighted by Gasteiger charge is 2.27. The first-order chi connectivity index (χ1) is 15.9. The van der Waals surface area contributed by atoms with Gasteiger partial charge < -0.3 is 19.4 Å². The largest absolute Gasteiger partial charge is 0.497 e. The zero-order valence-electron chi connectivity index (χ0n) is 19.8. The summed E-state index contributed by atoms with van der Waals surface area (Å²) in [6.07, 6.45) is 1.09. The lowest BCUT2D eigenvalue weighted by molar-refractivity contribution is -0.131. The van der Waals surface area contributed by atoms with Gasteiger partial charge in [0.2, 0.25) is 11.9 Å². The maximum Gasteiger partial charge on any atom is 0.227 e. The van der Waals surface area contributed by atoms with Crippen molar-refractivity contribution >= 4 is 17.7 Å². The van der Waals surface area contributed by atoms with Gasteiger partial charge in [0.15, 0.2) is 0 Å². The molecule has 172 valence electrons. The number of aromatic nitrogens is 2. The van der Waals surface area contributed by atoms with Crippen molar-refractivity contribution in [3.05, 3.63) is 77.0 Å². The Hall–Kier alpha value is -3.61. The predicted molar refractivity (Wildman–Crippen MR) is 131 cm³/mol. The summed E-state index contributed by atoms with van der Waals surface area (Å²) < 4.78 is 5.21. The van der Waals surface area contributed by atoms with Crippen LogP contribution >= 0.6 is 0 Å². The molecule has 0 spiro atoms. The minimum absolute atomic E-state index is 0.112. The molecule has 2 aromatic carbocycles. The van der Waals surface area contributed by atoms with Crippen molar-refractivity contribution in [3.63, 3.8) is 0 Å². The van der Waals surface area contributed by atoms with Gasteiger partial charge in [-0.3, -0.25) is 4.79 Å². The number of benzene rings is 2. The van der Waals surface area contributed by atoms with Crippen LogP contribution in [0.25, 0.3) is 0 Å². The molecule has 0 bridgehead atoms. The fourth-order valence-electron chi connectivity index (χ4n) is 4.10. The molecule has 0 radical (unpaired) electrons. The predicted octanol–water partition coefficient (Wildman–Crippen LogP) is 3.32. The third-order valence-electron chi connectivity index (χ3n) is 5.92. The molecule has 7 nitrogen and oxygen atoms in total. The fraction of sp³-hybridized carbons (Fsp3) is 0.346. The maximum atomic E-state index is 13.0. The lowest BCUT2D eigenvalue weighted by Gasteiger charge is -2.32. The highest BCUT2D eigenvalue weighted by molar-refractivity contribution is 5.79. The number of carbonyl (C=O) groups is 1. The number of rotatable bonds is 7. The quantitative estimate of drug-likeness (QED) is 0.556. The number of amides is 1. The third-order valence-corrected chi connectivity index (χ3v) is 5.92. The minimum atomic E-state index is 0.112. The molecule has 0 unspecified atom stereocenters. The van der Waals surface area contributed by atoms with Gasteiger partial charge in [0.25, 0.3) is 0 Å². The van der Waals surface area contributed by atoms with Gasteiger partial charge in [-0.15, -0.1) is 0 Å². The van der Waals surface area contributed by atoms with E-state index in [1.165, 1.54) is 5.56 Å². The molecule has 0 N–H and O–H groups in total. The number of nitrogens with zero attached hydrogens (tertiary/aromatic N) is 5. The average Bonchev–Trinajstić information content (AvgIpc) is 2.84. The Bertz CT molecular complexity index is 1100. The number of hydrogen-bond donors (Lipinski definition) is 0. The van der Waals surface area contributed by atoms with Crippen LogP contribution in [-0.2, 0) is 30.7 Å². The van der Waals surface area contributed by atoms with Crippen molar-refractivity contribution in [2.24, 2.45) is 0 Å². The molecule has 0 aliphatic carbocycles. The molecule has 2 heterocycles. The van der Waals surface area contributed by atoms with Crippen LogP contribution in [-0.4, -0.2) is 55.6 Å². The Morgan fingerprint density at radius 2 is 1.73 bits per heavy atom. The second-order valence-corrected chi connectivity index (χ2v) is 8.60. The van der Waals surface area contributed by atoms with E-state index in [0.717, 1.165) is 41.4 Å². The van der Waals surface area contributed by atoms with Gasteiger partial charge in [-0.25, -0.2) is 4.98 Å². The van der Waals surface area contributed by atoms with Crippen LogP contribution in [0.3, 0.4) is 0 Å². The van der Waals surface area contributed by atoms with Crippen LogP contribution in [0.15, 0.2) is 54.6 Å². The number of ether oxygens (including phenoxy) is 1. The molecule has 33 heavy (non-hydrogen) atoms. The highest BCUT2D eigenvalue weighted by Crippen LogP contribution is 2.28. The number of anilines is 2. The van der Waals surface area contributed by atoms with Gasteiger partial charge in [-0.1, -0.05) is 42.5 Å². The second-order valence-electron chi connectivity index (χ2n) is 8.60. The van der Waals surface area contributed by atoms with Gasteiger partial charge in [-0.05, 0) is 23.3 Å². The van der Waals surface area contributed by atoms with E-state index in [-0.39, 0.29) is 5.91 Å². The summed E-state index contributed by atoms with van der Waals surface area (Å²) in [6.45, 7) is 1.92. The average molecular weight is 446 g/mol. The monoisotopic (exact) mass is 445 g/mol. The summed E-state index contributed by atoms with van der Waals surface area (Å²) >= 11 is 0. The van der Waals surface area contributed by atoms with Gasteiger partial charge in [0, 0.05) is 46.2 Å². The normalized spacial score (nSPS) is 12.8. The topological polar surface area (TPSA) is 61.8 Å². The minimum Gasteiger partial charge on any atom is -0.497 e. The van der Waals surface area contributed by atoms with E-state index >= 15 is 0 Å². The van der Waals surface area contributed by atoms with E-state index in [1.54, 1.807) is 7.11 Å². The van der Waals surface area contributed by atoms with Crippen molar-refractivity contribution < 1.29 is 9.53 Å². The standard InChI is InChI=1S/C26H31N5O2/c1-29(2)25-22-18-31(24(32)16-19-10-12-21(33-4)13-11-19)15-14-23(22)27-26(28-25)30(3)17-20-8-6-5-7-9-20/h5-13H,14-18H2,1-4H3. The van der Waals surface area contributed by atoms with E-state index < -0.39 is 0 Å². The number of carbonyl (C=O) groups excluding carboxylic acids is 1. The molecule has 7 heteroatoms. The molecule has 1 amide bonds. The molecule has 0 saturated heterocycles. The molecular weight excluding hydrogens is 414 g/mol. The summed E-state index contributed by atoms with van der Waals surface area (Å²) in [7, 11) is 7.63. The Kier molecular flexibility index (Phi) is 6.77. The van der Waals surface area contributed by atoms with Crippen LogP contribution in [0.5, 0.6) is 5.75 Å². The van der Waals surface area contributed by atoms with Gasteiger partial charge in [0.05, 0.1) is 25.8 Å². The zero-order valence-corrected chi connectivity index (χ0v) is 19.8. The zero-order chi connectivity index (χ0) is 23.4. The molecule has 4 rings (SSSR count). The molecule has 0 atom stereocenters. The summed E-state index contributed by atoms with van der Waals surface area (Å²) in [5.41, 5.74) is 4.25. The molecule has 3 aromatic rings. The Morgan fingerprint density at radius 1 is 1.00 bits per heavy atom. The van der Waals surface area contributed by atoms with Crippen LogP contribution in [0, 0.1) is 0 Å². The summed E-state index contributed by atoms with van der Waals surface area (Å²) in [6, 6.07) is 18.0. The molecular formula is C26H31N5O2. The van der Waals surface area contributed by atoms with Crippen molar-refractivity contribution in [2.45, 2.75) is 25.9 Å². The summed E-state index contributed by atoms with van der Waals surface area (Å²) in [5.74, 6) is 2.48. The van der Waals surface area contributed by atoms with Crippen LogP contribution < -0.4 is 14.5 Å². The Morgan fingerprint density at radius 3 is 2.39 bits per heavy atom. The molecule has 1 aliphatic heterocycles. The molecule has 1 aromatic heterocycles. The second kappa shape index (κ2) is 9.90. The smallest absolute Gasteiger partial charge is 0.227 e. The van der Waals surface area contributed by atoms with Gasteiger partial charge in [-0.2, -0.15) is 4.98 Å². The van der Waals surface area contributed by atoms with Gasteiger partial charge >= 0.3 is 0 Å². The lowest BCUT2D eigenvalue weighted by atomic mass is 10.0. The Balaban J connectivity index is 1.52. The maximum absolute atomic E-state index is 13.0. The van der Waals surface area contributed by atoms with E-state index in [2.05, 4.69) is 17.0 Å². The summed E-state index contributed by atoms with van der Waals surface area (Å²) in [5, 5.41) is 0. The van der Waals surface area contributed by atoms with Crippen molar-refractivity contribution in [2.75, 3.05) is 44.6 Å². The van der Waals surface area contributed by atoms with Crippen LogP contribution in [0.1, 0.15) is 22.4 Å². The first-order valence-corrected chi connectivity index (χ1v) is 11.2. The molecule has 0 saturated carbocycles. The first kappa shape index (κ1) is 22.6. The summed E-state index contributed by atoms with van der Waals surface area (Å²) in [4.78, 5) is 28.8. The van der Waals surface area contributed by atoms with Gasteiger partial charge in [0.1, 0.15) is 11.6 Å². The van der Waals surface area contributed by atoms with Crippen LogP contribution in [0.2, 0.25) is 0 Å². The third kappa shape index (κ3) is 5.25. The van der Waals surface area contributed by atoms with E-state index in [1.807, 2.05) is 73.4 Å². The Labute approximate surface area is 195 Å². The number of fused-ring (bicyclic) bond motifs is 1. The molecule has 0 fully saturated rings. The lowest BCUT2D eigenvalue weighted by Crippen LogP contribution is -2.38.